The van der Waals surface area contributed by atoms with E-state index in [0.29, 0.717) is 0 Å². The number of carbonyl (C=O) groups is 1. The number of aliphatic hydroxyl groups is 1. The number of primary amides is 1. The molecule has 1 aromatic heterocycles. The molecule has 18 heavy (non-hydrogen) atoms. The molecular weight excluding hydrogens is 248 g/mol. The van der Waals surface area contributed by atoms with Gasteiger partial charge in [0.15, 0.2) is 0 Å². The fourth-order valence-electron chi connectivity index (χ4n) is 1.71. The average Bonchev–Trinajstić information content (AvgIpc) is 2.79. The third kappa shape index (κ3) is 2.87. The van der Waals surface area contributed by atoms with Crippen LogP contribution in [0.5, 0.6) is 0 Å². The Morgan fingerprint density at radius 3 is 2.89 bits per heavy atom. The first-order valence-corrected chi connectivity index (χ1v) is 6.59. The zero-order valence-corrected chi connectivity index (χ0v) is 10.9. The molecule has 0 saturated carbocycles. The second-order valence-electron chi connectivity index (χ2n) is 4.23. The summed E-state index contributed by atoms with van der Waals surface area (Å²) in [6.45, 7) is 2.17. The first-order chi connectivity index (χ1) is 8.58. The lowest BCUT2D eigenvalue weighted by Crippen LogP contribution is -2.38. The molecule has 0 aliphatic carbocycles. The molecule has 0 aliphatic heterocycles. The SMILES string of the molecule is CC(NCC(O)C(N)=O)c1cc2ccccc2s1. The van der Waals surface area contributed by atoms with Crippen LogP contribution in [0, 0.1) is 0 Å². The van der Waals surface area contributed by atoms with Crippen molar-refractivity contribution in [2.45, 2.75) is 19.1 Å². The van der Waals surface area contributed by atoms with E-state index in [0.717, 1.165) is 0 Å². The third-order valence-electron chi connectivity index (χ3n) is 2.82. The van der Waals surface area contributed by atoms with Crippen LogP contribution in [0.25, 0.3) is 10.1 Å². The molecule has 1 aromatic carbocycles. The minimum absolute atomic E-state index is 0.0800. The summed E-state index contributed by atoms with van der Waals surface area (Å²) in [7, 11) is 0. The van der Waals surface area contributed by atoms with E-state index in [2.05, 4.69) is 23.5 Å². The molecule has 2 aromatic rings. The fraction of sp³-hybridized carbons (Fsp3) is 0.308. The second-order valence-corrected chi connectivity index (χ2v) is 5.35. The molecule has 1 heterocycles. The maximum absolute atomic E-state index is 10.7. The molecule has 4 nitrogen and oxygen atoms in total. The van der Waals surface area contributed by atoms with E-state index >= 15 is 0 Å². The van der Waals surface area contributed by atoms with Crippen LogP contribution >= 0.6 is 11.3 Å². The van der Waals surface area contributed by atoms with Crippen LogP contribution in [0.15, 0.2) is 30.3 Å². The average molecular weight is 264 g/mol. The number of aliphatic hydroxyl groups excluding tert-OH is 1. The van der Waals surface area contributed by atoms with Crippen LogP contribution in [-0.4, -0.2) is 23.7 Å². The van der Waals surface area contributed by atoms with E-state index in [1.165, 1.54) is 15.0 Å². The van der Waals surface area contributed by atoms with Crippen LogP contribution < -0.4 is 11.1 Å². The van der Waals surface area contributed by atoms with Gasteiger partial charge in [-0.3, -0.25) is 4.79 Å². The largest absolute Gasteiger partial charge is 0.382 e. The van der Waals surface area contributed by atoms with Crippen molar-refractivity contribution in [3.63, 3.8) is 0 Å². The monoisotopic (exact) mass is 264 g/mol. The smallest absolute Gasteiger partial charge is 0.247 e. The predicted molar refractivity (Wildman–Crippen MR) is 73.4 cm³/mol. The number of hydrogen-bond acceptors (Lipinski definition) is 4. The molecule has 2 unspecified atom stereocenters. The number of thiophene rings is 1. The molecule has 96 valence electrons. The molecule has 0 saturated heterocycles. The Balaban J connectivity index is 2.04. The number of nitrogens with one attached hydrogen (secondary N) is 1. The van der Waals surface area contributed by atoms with Gasteiger partial charge in [0, 0.05) is 22.2 Å². The highest BCUT2D eigenvalue weighted by Gasteiger charge is 2.14. The van der Waals surface area contributed by atoms with Crippen LogP contribution in [-0.2, 0) is 4.79 Å². The topological polar surface area (TPSA) is 75.3 Å². The molecule has 0 aliphatic rings. The van der Waals surface area contributed by atoms with Crippen molar-refractivity contribution < 1.29 is 9.90 Å². The summed E-state index contributed by atoms with van der Waals surface area (Å²) >= 11 is 1.71. The normalized spacial score (nSPS) is 14.6. The van der Waals surface area contributed by atoms with E-state index in [1.54, 1.807) is 11.3 Å². The fourth-order valence-corrected chi connectivity index (χ4v) is 2.80. The van der Waals surface area contributed by atoms with Gasteiger partial charge in [-0.2, -0.15) is 0 Å². The molecule has 0 bridgehead atoms. The lowest BCUT2D eigenvalue weighted by Gasteiger charge is -2.13. The Hall–Kier alpha value is -1.43. The van der Waals surface area contributed by atoms with E-state index in [9.17, 15) is 9.90 Å². The zero-order valence-electron chi connectivity index (χ0n) is 10.1. The Kier molecular flexibility index (Phi) is 3.96. The molecule has 0 radical (unpaired) electrons. The minimum atomic E-state index is -1.14. The van der Waals surface area contributed by atoms with Crippen molar-refractivity contribution in [2.75, 3.05) is 6.54 Å². The van der Waals surface area contributed by atoms with Gasteiger partial charge in [0.1, 0.15) is 6.10 Å². The maximum Gasteiger partial charge on any atom is 0.247 e. The first-order valence-electron chi connectivity index (χ1n) is 5.77. The highest BCUT2D eigenvalue weighted by Crippen LogP contribution is 2.29. The van der Waals surface area contributed by atoms with Gasteiger partial charge in [-0.25, -0.2) is 0 Å². The first kappa shape index (κ1) is 13.0. The van der Waals surface area contributed by atoms with Crippen molar-refractivity contribution in [3.8, 4) is 0 Å². The molecule has 1 amide bonds. The van der Waals surface area contributed by atoms with Gasteiger partial charge in [-0.1, -0.05) is 18.2 Å². The van der Waals surface area contributed by atoms with Crippen molar-refractivity contribution in [3.05, 3.63) is 35.2 Å². The van der Waals surface area contributed by atoms with Crippen molar-refractivity contribution >= 4 is 27.3 Å². The second kappa shape index (κ2) is 5.48. The highest BCUT2D eigenvalue weighted by molar-refractivity contribution is 7.19. The summed E-state index contributed by atoms with van der Waals surface area (Å²) in [6, 6.07) is 10.4. The summed E-state index contributed by atoms with van der Waals surface area (Å²) in [6.07, 6.45) is -1.14. The molecule has 2 atom stereocenters. The van der Waals surface area contributed by atoms with Gasteiger partial charge in [0.05, 0.1) is 0 Å². The Morgan fingerprint density at radius 1 is 1.50 bits per heavy atom. The van der Waals surface area contributed by atoms with Gasteiger partial charge in [-0.05, 0) is 24.4 Å². The number of benzene rings is 1. The maximum atomic E-state index is 10.7. The van der Waals surface area contributed by atoms with Crippen molar-refractivity contribution in [1.29, 1.82) is 0 Å². The van der Waals surface area contributed by atoms with Gasteiger partial charge in [0.2, 0.25) is 5.91 Å². The van der Waals surface area contributed by atoms with Gasteiger partial charge < -0.3 is 16.2 Å². The van der Waals surface area contributed by atoms with E-state index in [-0.39, 0.29) is 12.6 Å². The van der Waals surface area contributed by atoms with E-state index in [4.69, 9.17) is 5.73 Å². The van der Waals surface area contributed by atoms with Gasteiger partial charge in [-0.15, -0.1) is 11.3 Å². The van der Waals surface area contributed by atoms with Gasteiger partial charge in [0.25, 0.3) is 0 Å². The van der Waals surface area contributed by atoms with E-state index in [1.807, 2.05) is 19.1 Å². The number of hydrogen-bond donors (Lipinski definition) is 3. The molecule has 0 fully saturated rings. The molecule has 0 spiro atoms. The molecule has 4 N–H and O–H groups in total. The third-order valence-corrected chi connectivity index (χ3v) is 4.12. The zero-order chi connectivity index (χ0) is 13.1. The summed E-state index contributed by atoms with van der Waals surface area (Å²) in [4.78, 5) is 11.9. The number of fused-ring (bicyclic) bond motifs is 1. The van der Waals surface area contributed by atoms with Crippen molar-refractivity contribution in [1.82, 2.24) is 5.32 Å². The highest BCUT2D eigenvalue weighted by atomic mass is 32.1. The van der Waals surface area contributed by atoms with Gasteiger partial charge >= 0.3 is 0 Å². The van der Waals surface area contributed by atoms with Crippen molar-refractivity contribution in [2.24, 2.45) is 5.73 Å². The van der Waals surface area contributed by atoms with Crippen LogP contribution in [0.1, 0.15) is 17.8 Å². The molecular formula is C13H16N2O2S. The molecule has 5 heteroatoms. The van der Waals surface area contributed by atoms with Crippen LogP contribution in [0.3, 0.4) is 0 Å². The quantitative estimate of drug-likeness (QED) is 0.764. The van der Waals surface area contributed by atoms with E-state index < -0.39 is 12.0 Å². The minimum Gasteiger partial charge on any atom is -0.382 e. The summed E-state index contributed by atoms with van der Waals surface area (Å²) in [5.41, 5.74) is 5.00. The number of amides is 1. The Labute approximate surface area is 109 Å². The molecule has 2 rings (SSSR count). The summed E-state index contributed by atoms with van der Waals surface area (Å²) < 4.78 is 1.23. The summed E-state index contributed by atoms with van der Waals surface area (Å²) in [5.74, 6) is -0.703. The predicted octanol–water partition coefficient (Wildman–Crippen LogP) is 1.40. The standard InChI is InChI=1S/C13H16N2O2S/c1-8(15-7-10(16)13(14)17)12-6-9-4-2-3-5-11(9)18-12/h2-6,8,10,15-16H,7H2,1H3,(H2,14,17). The number of nitrogens with two attached hydrogens (primary N) is 1. The lowest BCUT2D eigenvalue weighted by molar-refractivity contribution is -0.125. The van der Waals surface area contributed by atoms with Crippen LogP contribution in [0.2, 0.25) is 0 Å². The summed E-state index contributed by atoms with van der Waals surface area (Å²) in [5, 5.41) is 13.6. The number of carbonyl (C=O) groups excluding carboxylic acids is 1. The lowest BCUT2D eigenvalue weighted by atomic mass is 10.2. The number of rotatable bonds is 5. The Morgan fingerprint density at radius 2 is 2.22 bits per heavy atom. The Bertz CT molecular complexity index is 520. The van der Waals surface area contributed by atoms with Crippen LogP contribution in [0.4, 0.5) is 0 Å².